The third kappa shape index (κ3) is 4.88. The number of allylic oxidation sites excluding steroid dienone is 3. The van der Waals surface area contributed by atoms with Gasteiger partial charge in [0, 0.05) is 31.8 Å². The van der Waals surface area contributed by atoms with Crippen molar-refractivity contribution in [3.63, 3.8) is 0 Å². The summed E-state index contributed by atoms with van der Waals surface area (Å²) < 4.78 is 19.5. The second-order valence-corrected chi connectivity index (χ2v) is 8.17. The Bertz CT molecular complexity index is 1040. The lowest BCUT2D eigenvalue weighted by atomic mass is 9.82. The summed E-state index contributed by atoms with van der Waals surface area (Å²) in [7, 11) is 1.42. The molecular formula is C23H26FN3O5. The standard InChI is InChI=1S/C23H26FN3O5/c1-13(2)10-27-11-15-8-18(28)19(32-12-20(25)29)9-17(15)21(22(27)26(3)23(30)31)14-5-4-6-16(24)7-14/h4-7,9,11,13,19H,8,10,12H2,1-3H3,(H2,25,29)(H,30,31). The molecule has 1 aromatic carbocycles. The first kappa shape index (κ1) is 23.2. The molecule has 1 aliphatic heterocycles. The zero-order valence-corrected chi connectivity index (χ0v) is 18.2. The Morgan fingerprint density at radius 1 is 1.38 bits per heavy atom. The average Bonchev–Trinajstić information content (AvgIpc) is 2.70. The van der Waals surface area contributed by atoms with E-state index in [4.69, 9.17) is 10.5 Å². The van der Waals surface area contributed by atoms with E-state index >= 15 is 0 Å². The van der Waals surface area contributed by atoms with Gasteiger partial charge in [0.2, 0.25) is 5.91 Å². The Morgan fingerprint density at radius 3 is 2.69 bits per heavy atom. The first-order valence-electron chi connectivity index (χ1n) is 10.2. The second-order valence-electron chi connectivity index (χ2n) is 8.17. The number of amides is 2. The van der Waals surface area contributed by atoms with E-state index < -0.39 is 30.5 Å². The third-order valence-corrected chi connectivity index (χ3v) is 5.11. The first-order valence-corrected chi connectivity index (χ1v) is 10.2. The number of nitrogens with zero attached hydrogens (tertiary/aromatic N) is 2. The number of nitrogens with two attached hydrogens (primary N) is 1. The molecule has 0 fully saturated rings. The van der Waals surface area contributed by atoms with Gasteiger partial charge in [-0.05, 0) is 40.8 Å². The summed E-state index contributed by atoms with van der Waals surface area (Å²) in [5, 5.41) is 9.76. The van der Waals surface area contributed by atoms with E-state index in [1.807, 2.05) is 13.8 Å². The zero-order chi connectivity index (χ0) is 23.6. The highest BCUT2D eigenvalue weighted by molar-refractivity contribution is 5.98. The van der Waals surface area contributed by atoms with E-state index in [1.54, 1.807) is 23.2 Å². The van der Waals surface area contributed by atoms with Crippen LogP contribution in [0.5, 0.6) is 0 Å². The highest BCUT2D eigenvalue weighted by atomic mass is 19.1. The Balaban J connectivity index is 2.25. The van der Waals surface area contributed by atoms with E-state index in [-0.39, 0.29) is 18.1 Å². The van der Waals surface area contributed by atoms with Crippen LogP contribution in [0.15, 0.2) is 53.5 Å². The molecule has 2 aliphatic rings. The number of carboxylic acid groups (broad SMARTS) is 1. The van der Waals surface area contributed by atoms with Gasteiger partial charge >= 0.3 is 6.09 Å². The number of carbonyl (C=O) groups excluding carboxylic acids is 2. The summed E-state index contributed by atoms with van der Waals surface area (Å²) in [6.07, 6.45) is 1.11. The maximum atomic E-state index is 14.2. The molecular weight excluding hydrogens is 417 g/mol. The summed E-state index contributed by atoms with van der Waals surface area (Å²) in [6.45, 7) is 4.03. The Morgan fingerprint density at radius 2 is 2.09 bits per heavy atom. The monoisotopic (exact) mass is 443 g/mol. The topological polar surface area (TPSA) is 113 Å². The van der Waals surface area contributed by atoms with Crippen LogP contribution in [0.1, 0.15) is 25.8 Å². The van der Waals surface area contributed by atoms with Gasteiger partial charge in [0.05, 0.1) is 0 Å². The number of hydrogen-bond donors (Lipinski definition) is 2. The molecule has 0 aromatic heterocycles. The van der Waals surface area contributed by atoms with Crippen molar-refractivity contribution in [1.29, 1.82) is 0 Å². The van der Waals surface area contributed by atoms with Crippen molar-refractivity contribution in [1.82, 2.24) is 9.80 Å². The molecule has 9 heteroatoms. The van der Waals surface area contributed by atoms with Gasteiger partial charge in [0.25, 0.3) is 0 Å². The normalized spacial score (nSPS) is 18.3. The van der Waals surface area contributed by atoms with Crippen molar-refractivity contribution in [2.75, 3.05) is 20.2 Å². The highest BCUT2D eigenvalue weighted by Gasteiger charge is 2.36. The molecule has 8 nitrogen and oxygen atoms in total. The number of rotatable bonds is 7. The number of carbonyl (C=O) groups is 3. The predicted octanol–water partition coefficient (Wildman–Crippen LogP) is 2.73. The van der Waals surface area contributed by atoms with Gasteiger partial charge in [0.1, 0.15) is 24.3 Å². The molecule has 0 spiro atoms. The molecule has 1 aromatic rings. The number of fused-ring (bicyclic) bond motifs is 1. The SMILES string of the molecule is CC(C)CN1C=C2CC(=O)C(OCC(N)=O)C=C2C(c2cccc(F)c2)=C1N(C)C(=O)O. The van der Waals surface area contributed by atoms with Crippen LogP contribution in [-0.4, -0.2) is 59.0 Å². The van der Waals surface area contributed by atoms with Gasteiger partial charge in [-0.2, -0.15) is 0 Å². The Kier molecular flexibility index (Phi) is 6.78. The van der Waals surface area contributed by atoms with E-state index in [9.17, 15) is 23.9 Å². The lowest BCUT2D eigenvalue weighted by Gasteiger charge is -2.39. The van der Waals surface area contributed by atoms with Crippen LogP contribution in [-0.2, 0) is 14.3 Å². The van der Waals surface area contributed by atoms with Crippen molar-refractivity contribution in [3.8, 4) is 0 Å². The lowest BCUT2D eigenvalue weighted by Crippen LogP contribution is -2.40. The molecule has 1 aliphatic carbocycles. The second kappa shape index (κ2) is 9.35. The van der Waals surface area contributed by atoms with Gasteiger partial charge in [-0.3, -0.25) is 14.5 Å². The number of hydrogen-bond acceptors (Lipinski definition) is 5. The van der Waals surface area contributed by atoms with Gasteiger partial charge < -0.3 is 20.5 Å². The third-order valence-electron chi connectivity index (χ3n) is 5.11. The van der Waals surface area contributed by atoms with E-state index in [1.165, 1.54) is 25.2 Å². The van der Waals surface area contributed by atoms with Crippen LogP contribution in [0.4, 0.5) is 9.18 Å². The lowest BCUT2D eigenvalue weighted by molar-refractivity contribution is -0.132. The van der Waals surface area contributed by atoms with Crippen LogP contribution in [0.25, 0.3) is 5.57 Å². The number of benzene rings is 1. The smallest absolute Gasteiger partial charge is 0.412 e. The van der Waals surface area contributed by atoms with Crippen molar-refractivity contribution >= 4 is 23.4 Å². The molecule has 2 amide bonds. The molecule has 3 N–H and O–H groups in total. The molecule has 0 radical (unpaired) electrons. The fraction of sp³-hybridized carbons (Fsp3) is 0.348. The van der Waals surface area contributed by atoms with Crippen LogP contribution >= 0.6 is 0 Å². The van der Waals surface area contributed by atoms with Crippen LogP contribution in [0.2, 0.25) is 0 Å². The Hall–Kier alpha value is -3.46. The van der Waals surface area contributed by atoms with Crippen LogP contribution < -0.4 is 5.73 Å². The van der Waals surface area contributed by atoms with Crippen molar-refractivity contribution in [2.24, 2.45) is 11.7 Å². The first-order chi connectivity index (χ1) is 15.1. The van der Waals surface area contributed by atoms with Gasteiger partial charge in [-0.25, -0.2) is 9.18 Å². The Labute approximate surface area is 185 Å². The molecule has 1 heterocycles. The molecule has 0 saturated heterocycles. The zero-order valence-electron chi connectivity index (χ0n) is 18.2. The van der Waals surface area contributed by atoms with Crippen molar-refractivity contribution < 1.29 is 28.6 Å². The number of halogens is 1. The predicted molar refractivity (Wildman–Crippen MR) is 115 cm³/mol. The average molecular weight is 443 g/mol. The maximum Gasteiger partial charge on any atom is 0.412 e. The molecule has 0 saturated carbocycles. The van der Waals surface area contributed by atoms with Crippen LogP contribution in [0, 0.1) is 11.7 Å². The number of ketones is 1. The van der Waals surface area contributed by atoms with Gasteiger partial charge in [-0.15, -0.1) is 0 Å². The number of ether oxygens (including phenoxy) is 1. The van der Waals surface area contributed by atoms with Crippen LogP contribution in [0.3, 0.4) is 0 Å². The molecule has 1 atom stereocenters. The van der Waals surface area contributed by atoms with E-state index in [2.05, 4.69) is 0 Å². The van der Waals surface area contributed by atoms with Crippen molar-refractivity contribution in [2.45, 2.75) is 26.4 Å². The molecule has 3 rings (SSSR count). The minimum atomic E-state index is -1.19. The van der Waals surface area contributed by atoms with Crippen molar-refractivity contribution in [3.05, 3.63) is 64.9 Å². The van der Waals surface area contributed by atoms with Gasteiger partial charge in [0.15, 0.2) is 5.78 Å². The summed E-state index contributed by atoms with van der Waals surface area (Å²) in [5.41, 5.74) is 7.30. The number of primary amides is 1. The fourth-order valence-corrected chi connectivity index (χ4v) is 3.83. The maximum absolute atomic E-state index is 14.2. The molecule has 32 heavy (non-hydrogen) atoms. The highest BCUT2D eigenvalue weighted by Crippen LogP contribution is 2.42. The quantitative estimate of drug-likeness (QED) is 0.670. The summed E-state index contributed by atoms with van der Waals surface area (Å²) in [4.78, 5) is 38.6. The van der Waals surface area contributed by atoms with Gasteiger partial charge in [-0.1, -0.05) is 26.0 Å². The van der Waals surface area contributed by atoms with E-state index in [0.29, 0.717) is 34.6 Å². The minimum absolute atomic E-state index is 0.0206. The largest absolute Gasteiger partial charge is 0.465 e. The minimum Gasteiger partial charge on any atom is -0.465 e. The summed E-state index contributed by atoms with van der Waals surface area (Å²) in [5.74, 6) is -0.923. The number of Topliss-reactive ketones (excluding diaryl/α,β-unsaturated/α-hetero) is 1. The fourth-order valence-electron chi connectivity index (χ4n) is 3.83. The summed E-state index contributed by atoms with van der Waals surface area (Å²) >= 11 is 0. The molecule has 1 unspecified atom stereocenters. The molecule has 170 valence electrons. The summed E-state index contributed by atoms with van der Waals surface area (Å²) in [6, 6.07) is 5.84. The van der Waals surface area contributed by atoms with E-state index in [0.717, 1.165) is 4.90 Å². The molecule has 0 bridgehead atoms.